The van der Waals surface area contributed by atoms with Crippen molar-refractivity contribution in [2.75, 3.05) is 26.9 Å². The summed E-state index contributed by atoms with van der Waals surface area (Å²) in [6.45, 7) is 9.16. The molecule has 1 rings (SSSR count). The molecule has 1 heterocycles. The molecule has 14 heavy (non-hydrogen) atoms. The first kappa shape index (κ1) is 12.0. The molecule has 1 atom stereocenters. The summed E-state index contributed by atoms with van der Waals surface area (Å²) >= 11 is 0. The molecule has 0 aromatic heterocycles. The normalized spacial score (nSPS) is 28.3. The van der Waals surface area contributed by atoms with Crippen LogP contribution >= 0.6 is 0 Å². The van der Waals surface area contributed by atoms with Gasteiger partial charge in [0.25, 0.3) is 0 Å². The second-order valence-electron chi connectivity index (χ2n) is 5.00. The average molecular weight is 201 g/mol. The van der Waals surface area contributed by atoms with Crippen molar-refractivity contribution in [2.45, 2.75) is 44.8 Å². The first-order valence-corrected chi connectivity index (χ1v) is 5.35. The molecule has 1 saturated heterocycles. The van der Waals surface area contributed by atoms with Crippen LogP contribution in [0.15, 0.2) is 0 Å². The molecule has 84 valence electrons. The Bertz CT molecular complexity index is 174. The predicted molar refractivity (Wildman–Crippen MR) is 57.5 cm³/mol. The average Bonchev–Trinajstić information content (AvgIpc) is 2.52. The highest BCUT2D eigenvalue weighted by Gasteiger charge is 2.29. The highest BCUT2D eigenvalue weighted by atomic mass is 16.5. The van der Waals surface area contributed by atoms with Crippen LogP contribution < -0.4 is 5.32 Å². The van der Waals surface area contributed by atoms with Gasteiger partial charge in [0, 0.05) is 19.3 Å². The summed E-state index contributed by atoms with van der Waals surface area (Å²) in [6.07, 6.45) is 2.14. The minimum atomic E-state index is -0.0250. The lowest BCUT2D eigenvalue weighted by Crippen LogP contribution is -2.44. The van der Waals surface area contributed by atoms with E-state index in [0.717, 1.165) is 32.6 Å². The summed E-state index contributed by atoms with van der Waals surface area (Å²) in [5.41, 5.74) is 0.159. The van der Waals surface area contributed by atoms with Gasteiger partial charge in [0.2, 0.25) is 0 Å². The van der Waals surface area contributed by atoms with Crippen molar-refractivity contribution >= 4 is 0 Å². The highest BCUT2D eigenvalue weighted by molar-refractivity contribution is 4.87. The number of rotatable bonds is 5. The molecule has 1 N–H and O–H groups in total. The summed E-state index contributed by atoms with van der Waals surface area (Å²) in [4.78, 5) is 0. The van der Waals surface area contributed by atoms with E-state index in [2.05, 4.69) is 26.1 Å². The van der Waals surface area contributed by atoms with Gasteiger partial charge in [-0.2, -0.15) is 0 Å². The zero-order valence-electron chi connectivity index (χ0n) is 9.85. The third kappa shape index (κ3) is 3.56. The summed E-state index contributed by atoms with van der Waals surface area (Å²) in [5.74, 6) is 0. The largest absolute Gasteiger partial charge is 0.379 e. The van der Waals surface area contributed by atoms with Crippen LogP contribution in [0, 0.1) is 0 Å². The molecular formula is C11H23NO2. The SMILES string of the molecule is COC(C)(C)CCNC1(C)CCOC1. The van der Waals surface area contributed by atoms with Crippen LogP contribution in [0.5, 0.6) is 0 Å². The Morgan fingerprint density at radius 2 is 2.21 bits per heavy atom. The Hall–Kier alpha value is -0.120. The van der Waals surface area contributed by atoms with Gasteiger partial charge in [-0.15, -0.1) is 0 Å². The molecular weight excluding hydrogens is 178 g/mol. The third-order valence-electron chi connectivity index (χ3n) is 3.05. The molecule has 3 nitrogen and oxygen atoms in total. The topological polar surface area (TPSA) is 30.5 Å². The smallest absolute Gasteiger partial charge is 0.0646 e. The standard InChI is InChI=1S/C11H23NO2/c1-10(2,13-4)5-7-12-11(3)6-8-14-9-11/h12H,5-9H2,1-4H3. The number of methoxy groups -OCH3 is 1. The van der Waals surface area contributed by atoms with E-state index in [4.69, 9.17) is 9.47 Å². The van der Waals surface area contributed by atoms with Gasteiger partial charge in [-0.3, -0.25) is 0 Å². The van der Waals surface area contributed by atoms with Crippen LogP contribution in [0.2, 0.25) is 0 Å². The van der Waals surface area contributed by atoms with Crippen molar-refractivity contribution in [2.24, 2.45) is 0 Å². The van der Waals surface area contributed by atoms with Gasteiger partial charge in [-0.05, 0) is 40.2 Å². The molecule has 0 aromatic carbocycles. The zero-order chi connectivity index (χ0) is 10.7. The number of hydrogen-bond acceptors (Lipinski definition) is 3. The lowest BCUT2D eigenvalue weighted by molar-refractivity contribution is 0.0142. The van der Waals surface area contributed by atoms with Crippen LogP contribution in [0.4, 0.5) is 0 Å². The van der Waals surface area contributed by atoms with Gasteiger partial charge in [0.1, 0.15) is 0 Å². The van der Waals surface area contributed by atoms with E-state index in [9.17, 15) is 0 Å². The van der Waals surface area contributed by atoms with E-state index in [-0.39, 0.29) is 11.1 Å². The predicted octanol–water partition coefficient (Wildman–Crippen LogP) is 1.57. The molecule has 1 aliphatic rings. The van der Waals surface area contributed by atoms with Crippen LogP contribution in [0.1, 0.15) is 33.6 Å². The number of nitrogens with one attached hydrogen (secondary N) is 1. The fourth-order valence-electron chi connectivity index (χ4n) is 1.57. The van der Waals surface area contributed by atoms with Crippen molar-refractivity contribution in [3.05, 3.63) is 0 Å². The van der Waals surface area contributed by atoms with E-state index < -0.39 is 0 Å². The molecule has 0 aliphatic carbocycles. The lowest BCUT2D eigenvalue weighted by Gasteiger charge is -2.28. The Morgan fingerprint density at radius 1 is 1.50 bits per heavy atom. The second-order valence-corrected chi connectivity index (χ2v) is 5.00. The first-order valence-electron chi connectivity index (χ1n) is 5.35. The summed E-state index contributed by atoms with van der Waals surface area (Å²) in [5, 5.41) is 3.54. The molecule has 1 aliphatic heterocycles. The monoisotopic (exact) mass is 201 g/mol. The fraction of sp³-hybridized carbons (Fsp3) is 1.00. The minimum absolute atomic E-state index is 0.0250. The van der Waals surface area contributed by atoms with Crippen LogP contribution in [0.3, 0.4) is 0 Å². The van der Waals surface area contributed by atoms with Crippen LogP contribution in [-0.4, -0.2) is 38.0 Å². The third-order valence-corrected chi connectivity index (χ3v) is 3.05. The van der Waals surface area contributed by atoms with E-state index >= 15 is 0 Å². The Balaban J connectivity index is 2.20. The molecule has 0 radical (unpaired) electrons. The van der Waals surface area contributed by atoms with Crippen molar-refractivity contribution in [1.29, 1.82) is 0 Å². The maximum atomic E-state index is 5.38. The molecule has 0 bridgehead atoms. The summed E-state index contributed by atoms with van der Waals surface area (Å²) < 4.78 is 10.7. The Labute approximate surface area is 87.2 Å². The van der Waals surface area contributed by atoms with Gasteiger partial charge >= 0.3 is 0 Å². The highest BCUT2D eigenvalue weighted by Crippen LogP contribution is 2.18. The number of hydrogen-bond donors (Lipinski definition) is 1. The maximum Gasteiger partial charge on any atom is 0.0646 e. The Morgan fingerprint density at radius 3 is 2.71 bits per heavy atom. The minimum Gasteiger partial charge on any atom is -0.379 e. The number of ether oxygens (including phenoxy) is 2. The van der Waals surface area contributed by atoms with Gasteiger partial charge < -0.3 is 14.8 Å². The molecule has 3 heteroatoms. The zero-order valence-corrected chi connectivity index (χ0v) is 9.85. The van der Waals surface area contributed by atoms with E-state index in [1.165, 1.54) is 0 Å². The first-order chi connectivity index (χ1) is 6.47. The van der Waals surface area contributed by atoms with E-state index in [1.54, 1.807) is 7.11 Å². The quantitative estimate of drug-likeness (QED) is 0.732. The fourth-order valence-corrected chi connectivity index (χ4v) is 1.57. The lowest BCUT2D eigenvalue weighted by atomic mass is 10.00. The second kappa shape index (κ2) is 4.60. The Kier molecular flexibility index (Phi) is 3.93. The molecule has 0 spiro atoms. The van der Waals surface area contributed by atoms with Gasteiger partial charge in [0.05, 0.1) is 12.2 Å². The van der Waals surface area contributed by atoms with Crippen LogP contribution in [-0.2, 0) is 9.47 Å². The van der Waals surface area contributed by atoms with Crippen molar-refractivity contribution < 1.29 is 9.47 Å². The molecule has 0 saturated carbocycles. The van der Waals surface area contributed by atoms with E-state index in [1.807, 2.05) is 0 Å². The molecule has 1 unspecified atom stereocenters. The van der Waals surface area contributed by atoms with Gasteiger partial charge in [-0.1, -0.05) is 0 Å². The van der Waals surface area contributed by atoms with Crippen molar-refractivity contribution in [3.8, 4) is 0 Å². The molecule has 1 fully saturated rings. The molecule has 0 aromatic rings. The maximum absolute atomic E-state index is 5.38. The summed E-state index contributed by atoms with van der Waals surface area (Å²) in [7, 11) is 1.76. The van der Waals surface area contributed by atoms with Gasteiger partial charge in [0.15, 0.2) is 0 Å². The van der Waals surface area contributed by atoms with Crippen LogP contribution in [0.25, 0.3) is 0 Å². The summed E-state index contributed by atoms with van der Waals surface area (Å²) in [6, 6.07) is 0. The molecule has 0 amide bonds. The van der Waals surface area contributed by atoms with Crippen molar-refractivity contribution in [1.82, 2.24) is 5.32 Å². The van der Waals surface area contributed by atoms with Crippen molar-refractivity contribution in [3.63, 3.8) is 0 Å². The van der Waals surface area contributed by atoms with Gasteiger partial charge in [-0.25, -0.2) is 0 Å². The van der Waals surface area contributed by atoms with E-state index in [0.29, 0.717) is 0 Å².